The molecule has 0 amide bonds. The Bertz CT molecular complexity index is 142. The second-order valence-corrected chi connectivity index (χ2v) is 1.38. The number of hydrogen-bond acceptors (Lipinski definition) is 2. The molecular weight excluding hydrogens is 100 g/mol. The summed E-state index contributed by atoms with van der Waals surface area (Å²) in [6.07, 6.45) is 0.998. The SMILES string of the molecule is [2H]C(C#N)CCCC#N. The summed E-state index contributed by atoms with van der Waals surface area (Å²) in [5.41, 5.74) is 0. The predicted octanol–water partition coefficient (Wildman–Crippen LogP) is 1.59. The topological polar surface area (TPSA) is 47.6 Å². The molecule has 0 aliphatic carbocycles. The van der Waals surface area contributed by atoms with Crippen molar-refractivity contribution in [2.45, 2.75) is 25.7 Å². The van der Waals surface area contributed by atoms with Gasteiger partial charge in [0, 0.05) is 14.2 Å². The monoisotopic (exact) mass is 109 g/mol. The average molecular weight is 109 g/mol. The van der Waals surface area contributed by atoms with Crippen molar-refractivity contribution >= 4 is 0 Å². The Kier molecular flexibility index (Phi) is 3.83. The Hall–Kier alpha value is -1.02. The minimum absolute atomic E-state index is 0.455. The van der Waals surface area contributed by atoms with Crippen LogP contribution in [0.25, 0.3) is 0 Å². The summed E-state index contributed by atoms with van der Waals surface area (Å²) in [6, 6.07) is 3.74. The average Bonchev–Trinajstić information content (AvgIpc) is 1.89. The van der Waals surface area contributed by atoms with Gasteiger partial charge in [-0.1, -0.05) is 0 Å². The normalized spacial score (nSPS) is 13.0. The summed E-state index contributed by atoms with van der Waals surface area (Å²) in [7, 11) is 0. The van der Waals surface area contributed by atoms with Gasteiger partial charge in [-0.3, -0.25) is 0 Å². The van der Waals surface area contributed by atoms with E-state index >= 15 is 0 Å². The first-order chi connectivity index (χ1) is 4.31. The van der Waals surface area contributed by atoms with Crippen molar-refractivity contribution in [2.75, 3.05) is 0 Å². The molecule has 2 heteroatoms. The van der Waals surface area contributed by atoms with Crippen LogP contribution in [0.5, 0.6) is 0 Å². The van der Waals surface area contributed by atoms with Crippen molar-refractivity contribution in [3.63, 3.8) is 0 Å². The van der Waals surface area contributed by atoms with Gasteiger partial charge in [-0.2, -0.15) is 10.5 Å². The lowest BCUT2D eigenvalue weighted by molar-refractivity contribution is 0.773. The van der Waals surface area contributed by atoms with Crippen LogP contribution in [-0.4, -0.2) is 0 Å². The molecule has 0 bridgehead atoms. The van der Waals surface area contributed by atoms with Gasteiger partial charge in [0.1, 0.15) is 0 Å². The van der Waals surface area contributed by atoms with E-state index in [0.717, 1.165) is 0 Å². The van der Waals surface area contributed by atoms with E-state index < -0.39 is 6.40 Å². The van der Waals surface area contributed by atoms with Crippen LogP contribution in [0.2, 0.25) is 0 Å². The van der Waals surface area contributed by atoms with E-state index in [1.54, 1.807) is 6.07 Å². The van der Waals surface area contributed by atoms with Crippen LogP contribution in [0, 0.1) is 22.7 Å². The molecule has 0 saturated heterocycles. The smallest absolute Gasteiger partial charge is 0.0621 e. The molecule has 0 aliphatic heterocycles. The minimum atomic E-state index is -0.640. The van der Waals surface area contributed by atoms with Gasteiger partial charge >= 0.3 is 0 Å². The predicted molar refractivity (Wildman–Crippen MR) is 29.7 cm³/mol. The molecule has 0 aromatic heterocycles. The fourth-order valence-electron chi connectivity index (χ4n) is 0.348. The molecular formula is C6H8N2. The van der Waals surface area contributed by atoms with Crippen LogP contribution in [0.15, 0.2) is 0 Å². The molecule has 1 atom stereocenters. The molecule has 0 spiro atoms. The first-order valence-corrected chi connectivity index (χ1v) is 2.50. The molecule has 0 radical (unpaired) electrons. The quantitative estimate of drug-likeness (QED) is 0.517. The number of nitrogens with zero attached hydrogens (tertiary/aromatic N) is 2. The third kappa shape index (κ3) is 4.98. The largest absolute Gasteiger partial charge is 0.198 e. The number of hydrogen-bond donors (Lipinski definition) is 0. The maximum atomic E-state index is 8.11. The van der Waals surface area contributed by atoms with Gasteiger partial charge in [-0.05, 0) is 12.8 Å². The number of unbranched alkanes of at least 4 members (excludes halogenated alkanes) is 1. The molecule has 0 heterocycles. The lowest BCUT2D eigenvalue weighted by Crippen LogP contribution is -1.70. The van der Waals surface area contributed by atoms with Gasteiger partial charge in [0.15, 0.2) is 0 Å². The molecule has 0 aromatic carbocycles. The zero-order valence-corrected chi connectivity index (χ0v) is 4.59. The molecule has 0 aliphatic rings. The van der Waals surface area contributed by atoms with E-state index in [0.29, 0.717) is 19.3 Å². The first-order valence-electron chi connectivity index (χ1n) is 3.08. The van der Waals surface area contributed by atoms with Crippen molar-refractivity contribution in [2.24, 2.45) is 0 Å². The maximum Gasteiger partial charge on any atom is 0.0621 e. The van der Waals surface area contributed by atoms with Crippen molar-refractivity contribution in [1.29, 1.82) is 10.5 Å². The molecule has 0 fully saturated rings. The van der Waals surface area contributed by atoms with E-state index in [1.807, 2.05) is 6.07 Å². The summed E-state index contributed by atoms with van der Waals surface area (Å²) in [6.45, 7) is 0. The Morgan fingerprint density at radius 1 is 1.25 bits per heavy atom. The summed E-state index contributed by atoms with van der Waals surface area (Å²) >= 11 is 0. The van der Waals surface area contributed by atoms with Gasteiger partial charge in [0.25, 0.3) is 0 Å². The van der Waals surface area contributed by atoms with Crippen molar-refractivity contribution in [3.05, 3.63) is 0 Å². The molecule has 8 heavy (non-hydrogen) atoms. The second-order valence-electron chi connectivity index (χ2n) is 1.38. The Balaban J connectivity index is 3.12. The summed E-state index contributed by atoms with van der Waals surface area (Å²) in [4.78, 5) is 0. The Morgan fingerprint density at radius 3 is 2.50 bits per heavy atom. The van der Waals surface area contributed by atoms with E-state index in [2.05, 4.69) is 0 Å². The number of rotatable bonds is 3. The molecule has 1 unspecified atom stereocenters. The van der Waals surface area contributed by atoms with Crippen LogP contribution < -0.4 is 0 Å². The van der Waals surface area contributed by atoms with Gasteiger partial charge in [-0.15, -0.1) is 0 Å². The molecule has 0 saturated carbocycles. The van der Waals surface area contributed by atoms with E-state index in [1.165, 1.54) is 0 Å². The summed E-state index contributed by atoms with van der Waals surface area (Å²) < 4.78 is 6.93. The van der Waals surface area contributed by atoms with Crippen LogP contribution >= 0.6 is 0 Å². The highest BCUT2D eigenvalue weighted by Gasteiger charge is 1.83. The van der Waals surface area contributed by atoms with Gasteiger partial charge < -0.3 is 0 Å². The third-order valence-electron chi connectivity index (χ3n) is 0.728. The molecule has 2 nitrogen and oxygen atoms in total. The molecule has 0 aromatic rings. The summed E-state index contributed by atoms with van der Waals surface area (Å²) in [5, 5.41) is 16.2. The molecule has 0 N–H and O–H groups in total. The molecule has 42 valence electrons. The third-order valence-corrected chi connectivity index (χ3v) is 0.728. The fraction of sp³-hybridized carbons (Fsp3) is 0.667. The van der Waals surface area contributed by atoms with Crippen molar-refractivity contribution < 1.29 is 1.37 Å². The fourth-order valence-corrected chi connectivity index (χ4v) is 0.348. The van der Waals surface area contributed by atoms with E-state index in [4.69, 9.17) is 11.9 Å². The highest BCUT2D eigenvalue weighted by molar-refractivity contribution is 4.72. The lowest BCUT2D eigenvalue weighted by Gasteiger charge is -1.83. The van der Waals surface area contributed by atoms with Crippen LogP contribution in [0.3, 0.4) is 0 Å². The second kappa shape index (κ2) is 5.98. The van der Waals surface area contributed by atoms with Gasteiger partial charge in [0.05, 0.1) is 12.1 Å². The van der Waals surface area contributed by atoms with E-state index in [9.17, 15) is 0 Å². The highest BCUT2D eigenvalue weighted by atomic mass is 14.2. The Labute approximate surface area is 50.8 Å². The lowest BCUT2D eigenvalue weighted by atomic mass is 10.2. The van der Waals surface area contributed by atoms with Crippen LogP contribution in [0.4, 0.5) is 0 Å². The maximum absolute atomic E-state index is 8.11. The zero-order chi connectivity index (χ0) is 7.11. The van der Waals surface area contributed by atoms with Crippen molar-refractivity contribution in [1.82, 2.24) is 0 Å². The van der Waals surface area contributed by atoms with E-state index in [-0.39, 0.29) is 0 Å². The van der Waals surface area contributed by atoms with Gasteiger partial charge in [0.2, 0.25) is 0 Å². The summed E-state index contributed by atoms with van der Waals surface area (Å²) in [5.74, 6) is 0. The first kappa shape index (κ1) is 5.12. The standard InChI is InChI=1S/C6H8N2/c7-5-3-1-2-4-6-8/h1-4H2/i3D. The number of nitriles is 2. The Morgan fingerprint density at radius 2 is 2.00 bits per heavy atom. The highest BCUT2D eigenvalue weighted by Crippen LogP contribution is 1.95. The van der Waals surface area contributed by atoms with Gasteiger partial charge in [-0.25, -0.2) is 0 Å². The van der Waals surface area contributed by atoms with Crippen LogP contribution in [-0.2, 0) is 0 Å². The van der Waals surface area contributed by atoms with Crippen LogP contribution in [0.1, 0.15) is 27.0 Å². The minimum Gasteiger partial charge on any atom is -0.198 e. The van der Waals surface area contributed by atoms with Crippen molar-refractivity contribution in [3.8, 4) is 12.1 Å². The molecule has 0 rings (SSSR count). The zero-order valence-electron chi connectivity index (χ0n) is 5.59.